The van der Waals surface area contributed by atoms with Crippen molar-refractivity contribution in [1.82, 2.24) is 4.90 Å². The number of hydrogen-bond acceptors (Lipinski definition) is 1. The predicted octanol–water partition coefficient (Wildman–Crippen LogP) is 5.03. The fraction of sp³-hybridized carbons (Fsp3) is 0.217. The van der Waals surface area contributed by atoms with Crippen LogP contribution in [0.15, 0.2) is 72.8 Å². The summed E-state index contributed by atoms with van der Waals surface area (Å²) >= 11 is 0. The molecule has 118 valence electrons. The third-order valence-corrected chi connectivity index (χ3v) is 4.75. The number of benzene rings is 3. The van der Waals surface area contributed by atoms with E-state index in [0.29, 0.717) is 0 Å². The van der Waals surface area contributed by atoms with Crippen LogP contribution in [0.5, 0.6) is 0 Å². The molecule has 24 heavy (non-hydrogen) atoms. The molecule has 0 N–H and O–H groups in total. The second-order valence-electron chi connectivity index (χ2n) is 6.35. The maximum Gasteiger partial charge on any atom is 0.0980 e. The first kappa shape index (κ1) is 15.0. The van der Waals surface area contributed by atoms with E-state index in [1.54, 1.807) is 0 Å². The van der Waals surface area contributed by atoms with Crippen molar-refractivity contribution in [3.8, 4) is 11.8 Å². The van der Waals surface area contributed by atoms with Crippen molar-refractivity contribution < 1.29 is 0 Å². The van der Waals surface area contributed by atoms with Crippen molar-refractivity contribution in [2.45, 2.75) is 18.9 Å². The Bertz CT molecular complexity index is 875. The van der Waals surface area contributed by atoms with Crippen LogP contribution >= 0.6 is 0 Å². The molecular weight excluding hydrogens is 290 g/mol. The largest absolute Gasteiger partial charge is 0.286 e. The monoisotopic (exact) mass is 311 g/mol. The molecule has 3 aromatic rings. The van der Waals surface area contributed by atoms with Gasteiger partial charge in [0.2, 0.25) is 0 Å². The van der Waals surface area contributed by atoms with Crippen molar-refractivity contribution in [2.75, 3.05) is 13.1 Å². The number of hydrogen-bond donors (Lipinski definition) is 0. The first-order valence-corrected chi connectivity index (χ1v) is 8.70. The van der Waals surface area contributed by atoms with Crippen molar-refractivity contribution in [3.05, 3.63) is 83.9 Å². The zero-order valence-corrected chi connectivity index (χ0v) is 13.8. The smallest absolute Gasteiger partial charge is 0.0980 e. The van der Waals surface area contributed by atoms with Gasteiger partial charge < -0.3 is 0 Å². The summed E-state index contributed by atoms with van der Waals surface area (Å²) < 4.78 is 0. The summed E-state index contributed by atoms with van der Waals surface area (Å²) in [6.45, 7) is 2.27. The van der Waals surface area contributed by atoms with Crippen LogP contribution in [0.3, 0.4) is 0 Å². The summed E-state index contributed by atoms with van der Waals surface area (Å²) in [5.74, 6) is 6.96. The van der Waals surface area contributed by atoms with Crippen molar-refractivity contribution in [2.24, 2.45) is 0 Å². The zero-order valence-electron chi connectivity index (χ0n) is 13.8. The molecule has 1 heterocycles. The molecule has 1 heteroatoms. The minimum absolute atomic E-state index is 0.166. The molecule has 1 unspecified atom stereocenters. The van der Waals surface area contributed by atoms with E-state index >= 15 is 0 Å². The predicted molar refractivity (Wildman–Crippen MR) is 101 cm³/mol. The number of rotatable bonds is 2. The highest BCUT2D eigenvalue weighted by molar-refractivity contribution is 5.86. The van der Waals surface area contributed by atoms with Gasteiger partial charge in [-0.3, -0.25) is 4.90 Å². The van der Waals surface area contributed by atoms with E-state index in [1.807, 2.05) is 18.2 Å². The van der Waals surface area contributed by atoms with Gasteiger partial charge >= 0.3 is 0 Å². The molecule has 0 bridgehead atoms. The van der Waals surface area contributed by atoms with Crippen LogP contribution in [0.4, 0.5) is 0 Å². The first-order valence-electron chi connectivity index (χ1n) is 8.70. The molecule has 4 rings (SSSR count). The van der Waals surface area contributed by atoms with Crippen molar-refractivity contribution in [1.29, 1.82) is 0 Å². The Labute approximate surface area is 143 Å². The molecule has 0 amide bonds. The fourth-order valence-corrected chi connectivity index (χ4v) is 3.53. The van der Waals surface area contributed by atoms with Gasteiger partial charge in [-0.05, 0) is 54.4 Å². The van der Waals surface area contributed by atoms with Gasteiger partial charge in [0.1, 0.15) is 0 Å². The summed E-state index contributed by atoms with van der Waals surface area (Å²) in [5, 5.41) is 2.61. The molecule has 0 aliphatic carbocycles. The molecule has 1 atom stereocenters. The van der Waals surface area contributed by atoms with Crippen LogP contribution in [0, 0.1) is 11.8 Å². The van der Waals surface area contributed by atoms with E-state index < -0.39 is 0 Å². The lowest BCUT2D eigenvalue weighted by atomic mass is 9.97. The van der Waals surface area contributed by atoms with Crippen LogP contribution in [0.2, 0.25) is 0 Å². The highest BCUT2D eigenvalue weighted by Crippen LogP contribution is 2.30. The van der Waals surface area contributed by atoms with Crippen LogP contribution in [0.25, 0.3) is 10.8 Å². The lowest BCUT2D eigenvalue weighted by Crippen LogP contribution is -2.24. The van der Waals surface area contributed by atoms with E-state index in [0.717, 1.165) is 18.7 Å². The van der Waals surface area contributed by atoms with Crippen LogP contribution in [0.1, 0.15) is 30.0 Å². The Morgan fingerprint density at radius 3 is 2.29 bits per heavy atom. The highest BCUT2D eigenvalue weighted by Gasteiger charge is 2.23. The Morgan fingerprint density at radius 1 is 0.750 bits per heavy atom. The van der Waals surface area contributed by atoms with Gasteiger partial charge in [0.05, 0.1) is 6.04 Å². The summed E-state index contributed by atoms with van der Waals surface area (Å²) in [6, 6.07) is 25.7. The summed E-state index contributed by atoms with van der Waals surface area (Å²) in [4.78, 5) is 2.53. The molecule has 1 nitrogen and oxygen atoms in total. The molecule has 0 saturated carbocycles. The molecule has 0 spiro atoms. The highest BCUT2D eigenvalue weighted by atomic mass is 15.2. The Kier molecular flexibility index (Phi) is 4.32. The van der Waals surface area contributed by atoms with E-state index in [-0.39, 0.29) is 6.04 Å². The standard InChI is InChI=1S/C23H21N/c1-2-9-19(10-3-1)15-16-23(24-17-6-7-18-24)22-14-8-12-20-11-4-5-13-21(20)22/h1-5,8-14,23H,6-7,17-18H2. The summed E-state index contributed by atoms with van der Waals surface area (Å²) in [5.41, 5.74) is 2.42. The van der Waals surface area contributed by atoms with E-state index in [9.17, 15) is 0 Å². The molecule has 1 fully saturated rings. The quantitative estimate of drug-likeness (QED) is 0.600. The Morgan fingerprint density at radius 2 is 1.46 bits per heavy atom. The van der Waals surface area contributed by atoms with E-state index in [2.05, 4.69) is 71.3 Å². The minimum Gasteiger partial charge on any atom is -0.286 e. The molecular formula is C23H21N. The lowest BCUT2D eigenvalue weighted by Gasteiger charge is -2.24. The normalized spacial score (nSPS) is 15.8. The third kappa shape index (κ3) is 3.07. The minimum atomic E-state index is 0.166. The van der Waals surface area contributed by atoms with Gasteiger partial charge in [-0.15, -0.1) is 0 Å². The second kappa shape index (κ2) is 6.91. The maximum absolute atomic E-state index is 3.56. The Balaban J connectivity index is 1.79. The van der Waals surface area contributed by atoms with Crippen LogP contribution < -0.4 is 0 Å². The topological polar surface area (TPSA) is 3.24 Å². The molecule has 0 radical (unpaired) electrons. The molecule has 3 aromatic carbocycles. The SMILES string of the molecule is C(#CC(c1cccc2ccccc12)N1CCCC1)c1ccccc1. The maximum atomic E-state index is 3.56. The second-order valence-corrected chi connectivity index (χ2v) is 6.35. The molecule has 1 aliphatic rings. The van der Waals surface area contributed by atoms with Gasteiger partial charge in [0, 0.05) is 5.56 Å². The van der Waals surface area contributed by atoms with Gasteiger partial charge in [0.15, 0.2) is 0 Å². The van der Waals surface area contributed by atoms with Crippen molar-refractivity contribution in [3.63, 3.8) is 0 Å². The lowest BCUT2D eigenvalue weighted by molar-refractivity contribution is 0.298. The number of fused-ring (bicyclic) bond motifs is 1. The third-order valence-electron chi connectivity index (χ3n) is 4.75. The van der Waals surface area contributed by atoms with E-state index in [4.69, 9.17) is 0 Å². The molecule has 1 aliphatic heterocycles. The average molecular weight is 311 g/mol. The van der Waals surface area contributed by atoms with E-state index in [1.165, 1.54) is 29.2 Å². The summed E-state index contributed by atoms with van der Waals surface area (Å²) in [6.07, 6.45) is 2.54. The zero-order chi connectivity index (χ0) is 16.2. The van der Waals surface area contributed by atoms with Gasteiger partial charge in [-0.2, -0.15) is 0 Å². The van der Waals surface area contributed by atoms with Gasteiger partial charge in [-0.25, -0.2) is 0 Å². The Hall–Kier alpha value is -2.56. The number of nitrogens with zero attached hydrogens (tertiary/aromatic N) is 1. The molecule has 0 aromatic heterocycles. The molecule has 1 saturated heterocycles. The summed E-state index contributed by atoms with van der Waals surface area (Å²) in [7, 11) is 0. The van der Waals surface area contributed by atoms with Crippen LogP contribution in [-0.4, -0.2) is 18.0 Å². The van der Waals surface area contributed by atoms with Gasteiger partial charge in [0.25, 0.3) is 0 Å². The number of likely N-dealkylation sites (tertiary alicyclic amines) is 1. The fourth-order valence-electron chi connectivity index (χ4n) is 3.53. The van der Waals surface area contributed by atoms with Gasteiger partial charge in [-0.1, -0.05) is 72.5 Å². The first-order chi connectivity index (χ1) is 11.9. The van der Waals surface area contributed by atoms with Crippen molar-refractivity contribution >= 4 is 10.8 Å². The average Bonchev–Trinajstić information content (AvgIpc) is 3.17. The van der Waals surface area contributed by atoms with Crippen LogP contribution in [-0.2, 0) is 0 Å².